The van der Waals surface area contributed by atoms with Crippen molar-refractivity contribution in [1.29, 1.82) is 0 Å². The molecular weight excluding hydrogens is 454 g/mol. The standard InChI is InChI=1S/C29H27N3O2S/c1-3-8-24-25(4-2)31-29(26-17-22(19-35-26)12-11-20-9-6-5-7-10-20)32-28(24)30-23-15-13-21(14-16-23)18-27(33)34/h3,5-7,9-17,19H,1,4,8,18H2,2H3,(H,33,34)(H,30,31,32)/b12-11+. The van der Waals surface area contributed by atoms with Gasteiger partial charge in [-0.15, -0.1) is 17.9 Å². The molecule has 2 heterocycles. The van der Waals surface area contributed by atoms with Crippen LogP contribution in [0, 0.1) is 0 Å². The van der Waals surface area contributed by atoms with E-state index in [9.17, 15) is 4.79 Å². The molecule has 35 heavy (non-hydrogen) atoms. The summed E-state index contributed by atoms with van der Waals surface area (Å²) in [4.78, 5) is 21.7. The Morgan fingerprint density at radius 2 is 1.80 bits per heavy atom. The van der Waals surface area contributed by atoms with Crippen molar-refractivity contribution >= 4 is 41.0 Å². The molecule has 6 heteroatoms. The van der Waals surface area contributed by atoms with Gasteiger partial charge in [-0.3, -0.25) is 4.79 Å². The molecule has 0 aliphatic carbocycles. The van der Waals surface area contributed by atoms with Gasteiger partial charge in [0.2, 0.25) is 0 Å². The van der Waals surface area contributed by atoms with Crippen LogP contribution >= 0.6 is 11.3 Å². The molecule has 5 nitrogen and oxygen atoms in total. The molecule has 0 spiro atoms. The second-order valence-corrected chi connectivity index (χ2v) is 8.96. The number of benzene rings is 2. The minimum Gasteiger partial charge on any atom is -0.481 e. The normalized spacial score (nSPS) is 11.0. The largest absolute Gasteiger partial charge is 0.481 e. The molecule has 4 rings (SSSR count). The highest BCUT2D eigenvalue weighted by Crippen LogP contribution is 2.30. The third kappa shape index (κ3) is 6.31. The molecule has 2 aromatic heterocycles. The van der Waals surface area contributed by atoms with Crippen molar-refractivity contribution in [3.8, 4) is 10.7 Å². The molecule has 0 saturated carbocycles. The molecule has 2 N–H and O–H groups in total. The molecule has 0 aliphatic rings. The zero-order chi connectivity index (χ0) is 24.6. The zero-order valence-corrected chi connectivity index (χ0v) is 20.4. The summed E-state index contributed by atoms with van der Waals surface area (Å²) in [7, 11) is 0. The first-order chi connectivity index (χ1) is 17.1. The third-order valence-corrected chi connectivity index (χ3v) is 6.40. The van der Waals surface area contributed by atoms with Crippen molar-refractivity contribution in [3.05, 3.63) is 107 Å². The van der Waals surface area contributed by atoms with Crippen LogP contribution in [0.5, 0.6) is 0 Å². The summed E-state index contributed by atoms with van der Waals surface area (Å²) >= 11 is 1.62. The van der Waals surface area contributed by atoms with Crippen molar-refractivity contribution < 1.29 is 9.90 Å². The van der Waals surface area contributed by atoms with Crippen molar-refractivity contribution in [2.75, 3.05) is 5.32 Å². The number of rotatable bonds is 10. The lowest BCUT2D eigenvalue weighted by atomic mass is 10.1. The number of aliphatic carboxylic acids is 1. The molecular formula is C29H27N3O2S. The fraction of sp³-hybridized carbons (Fsp3) is 0.138. The number of aryl methyl sites for hydroxylation is 1. The van der Waals surface area contributed by atoms with Crippen LogP contribution in [0.4, 0.5) is 11.5 Å². The van der Waals surface area contributed by atoms with Gasteiger partial charge in [0.15, 0.2) is 5.82 Å². The predicted molar refractivity (Wildman–Crippen MR) is 145 cm³/mol. The van der Waals surface area contributed by atoms with Gasteiger partial charge in [0.1, 0.15) is 5.82 Å². The number of carbonyl (C=O) groups is 1. The number of anilines is 2. The summed E-state index contributed by atoms with van der Waals surface area (Å²) in [6.07, 6.45) is 7.48. The Labute approximate surface area is 209 Å². The fourth-order valence-corrected chi connectivity index (χ4v) is 4.54. The van der Waals surface area contributed by atoms with Gasteiger partial charge in [-0.05, 0) is 53.1 Å². The average Bonchev–Trinajstić information content (AvgIpc) is 3.34. The molecule has 4 aromatic rings. The van der Waals surface area contributed by atoms with Gasteiger partial charge in [-0.1, -0.05) is 67.6 Å². The number of carboxylic acids is 1. The lowest BCUT2D eigenvalue weighted by Gasteiger charge is -2.15. The third-order valence-electron chi connectivity index (χ3n) is 5.46. The van der Waals surface area contributed by atoms with E-state index in [4.69, 9.17) is 15.1 Å². The van der Waals surface area contributed by atoms with Gasteiger partial charge in [-0.2, -0.15) is 0 Å². The molecule has 0 radical (unpaired) electrons. The molecule has 0 atom stereocenters. The van der Waals surface area contributed by atoms with Crippen molar-refractivity contribution in [3.63, 3.8) is 0 Å². The number of nitrogens with zero attached hydrogens (tertiary/aromatic N) is 2. The van der Waals surface area contributed by atoms with E-state index in [1.165, 1.54) is 0 Å². The van der Waals surface area contributed by atoms with Gasteiger partial charge < -0.3 is 10.4 Å². The number of hydrogen-bond donors (Lipinski definition) is 2. The molecule has 0 amide bonds. The summed E-state index contributed by atoms with van der Waals surface area (Å²) in [6, 6.07) is 19.7. The molecule has 2 aromatic carbocycles. The van der Waals surface area contributed by atoms with Crippen LogP contribution in [0.2, 0.25) is 0 Å². The minimum absolute atomic E-state index is 0.000931. The highest BCUT2D eigenvalue weighted by atomic mass is 32.1. The summed E-state index contributed by atoms with van der Waals surface area (Å²) in [5, 5.41) is 14.5. The van der Waals surface area contributed by atoms with E-state index in [1.807, 2.05) is 48.5 Å². The van der Waals surface area contributed by atoms with Crippen LogP contribution < -0.4 is 5.32 Å². The second-order valence-electron chi connectivity index (χ2n) is 8.05. The number of nitrogens with one attached hydrogen (secondary N) is 1. The van der Waals surface area contributed by atoms with E-state index in [2.05, 4.69) is 54.6 Å². The molecule has 0 aliphatic heterocycles. The Hall–Kier alpha value is -4.03. The van der Waals surface area contributed by atoms with Gasteiger partial charge in [0.25, 0.3) is 0 Å². The van der Waals surface area contributed by atoms with Gasteiger partial charge in [-0.25, -0.2) is 9.97 Å². The first-order valence-electron chi connectivity index (χ1n) is 11.5. The highest BCUT2D eigenvalue weighted by Gasteiger charge is 2.15. The molecule has 0 unspecified atom stereocenters. The predicted octanol–water partition coefficient (Wildman–Crippen LogP) is 7.04. The van der Waals surface area contributed by atoms with E-state index in [1.54, 1.807) is 11.3 Å². The molecule has 0 saturated heterocycles. The average molecular weight is 482 g/mol. The monoisotopic (exact) mass is 481 g/mol. The zero-order valence-electron chi connectivity index (χ0n) is 19.6. The van der Waals surface area contributed by atoms with Gasteiger partial charge in [0, 0.05) is 16.9 Å². The quantitative estimate of drug-likeness (QED) is 0.238. The summed E-state index contributed by atoms with van der Waals surface area (Å²) in [6.45, 7) is 5.99. The second kappa shape index (κ2) is 11.4. The van der Waals surface area contributed by atoms with Crippen LogP contribution in [0.1, 0.15) is 34.9 Å². The lowest BCUT2D eigenvalue weighted by Crippen LogP contribution is -2.07. The number of carboxylic acid groups (broad SMARTS) is 1. The number of hydrogen-bond acceptors (Lipinski definition) is 5. The topological polar surface area (TPSA) is 75.1 Å². The molecule has 176 valence electrons. The number of allylic oxidation sites excluding steroid dienone is 1. The Kier molecular flexibility index (Phi) is 7.85. The summed E-state index contributed by atoms with van der Waals surface area (Å²) in [5.74, 6) is 0.581. The van der Waals surface area contributed by atoms with Gasteiger partial charge in [0.05, 0.1) is 11.3 Å². The van der Waals surface area contributed by atoms with E-state index >= 15 is 0 Å². The van der Waals surface area contributed by atoms with Gasteiger partial charge >= 0.3 is 5.97 Å². The minimum atomic E-state index is -0.846. The Morgan fingerprint density at radius 3 is 2.49 bits per heavy atom. The van der Waals surface area contributed by atoms with Crippen LogP contribution in [0.3, 0.4) is 0 Å². The van der Waals surface area contributed by atoms with E-state index in [0.717, 1.165) is 50.8 Å². The van der Waals surface area contributed by atoms with E-state index in [-0.39, 0.29) is 6.42 Å². The molecule has 0 bridgehead atoms. The molecule has 0 fully saturated rings. The first kappa shape index (κ1) is 24.1. The van der Waals surface area contributed by atoms with E-state index < -0.39 is 5.97 Å². The van der Waals surface area contributed by atoms with Crippen LogP contribution in [0.25, 0.3) is 22.9 Å². The lowest BCUT2D eigenvalue weighted by molar-refractivity contribution is -0.136. The Balaban J connectivity index is 1.64. The Bertz CT molecular complexity index is 1340. The van der Waals surface area contributed by atoms with Crippen molar-refractivity contribution in [2.45, 2.75) is 26.2 Å². The van der Waals surface area contributed by atoms with E-state index in [0.29, 0.717) is 12.2 Å². The van der Waals surface area contributed by atoms with Crippen molar-refractivity contribution in [2.24, 2.45) is 0 Å². The maximum Gasteiger partial charge on any atom is 0.307 e. The fourth-order valence-electron chi connectivity index (χ4n) is 3.72. The summed E-state index contributed by atoms with van der Waals surface area (Å²) < 4.78 is 0. The first-order valence-corrected chi connectivity index (χ1v) is 12.3. The number of thiophene rings is 1. The van der Waals surface area contributed by atoms with Crippen LogP contribution in [0.15, 0.2) is 78.7 Å². The highest BCUT2D eigenvalue weighted by molar-refractivity contribution is 7.13. The van der Waals surface area contributed by atoms with Crippen LogP contribution in [-0.4, -0.2) is 21.0 Å². The maximum atomic E-state index is 11.0. The Morgan fingerprint density at radius 1 is 1.06 bits per heavy atom. The smallest absolute Gasteiger partial charge is 0.307 e. The number of aromatic nitrogens is 2. The SMILES string of the molecule is C=CCc1c(CC)nc(-c2cc(/C=C/c3ccccc3)cs2)nc1Nc1ccc(CC(=O)O)cc1. The summed E-state index contributed by atoms with van der Waals surface area (Å²) in [5.41, 5.74) is 5.85. The maximum absolute atomic E-state index is 11.0. The van der Waals surface area contributed by atoms with Crippen LogP contribution in [-0.2, 0) is 24.1 Å². The van der Waals surface area contributed by atoms with Crippen molar-refractivity contribution in [1.82, 2.24) is 9.97 Å².